The second-order valence-electron chi connectivity index (χ2n) is 10.7. The van der Waals surface area contributed by atoms with E-state index in [0.717, 1.165) is 25.8 Å². The first-order valence-electron chi connectivity index (χ1n) is 13.0. The standard InChI is InChI=1S/C28H35N3O4/c1-29-16-20(27(32)24-22(34-2)9-10-23(35-3)26(24)29)28(33)31-12-6-7-17-13-18-14-19(25(17)31)15-30-11-5-4-8-21(18)30/h9-10,13,16,18-19,21,25H,4-8,11-12,14-15H2,1-3H3/t18-,19-,21+,25+/m0/s1. The van der Waals surface area contributed by atoms with Crippen molar-refractivity contribution in [1.82, 2.24) is 14.4 Å². The molecule has 2 aromatic rings. The summed E-state index contributed by atoms with van der Waals surface area (Å²) >= 11 is 0. The predicted molar refractivity (Wildman–Crippen MR) is 135 cm³/mol. The summed E-state index contributed by atoms with van der Waals surface area (Å²) in [7, 11) is 4.98. The van der Waals surface area contributed by atoms with Crippen LogP contribution in [0.2, 0.25) is 0 Å². The van der Waals surface area contributed by atoms with Gasteiger partial charge in [0.25, 0.3) is 5.91 Å². The molecular weight excluding hydrogens is 442 g/mol. The Morgan fingerprint density at radius 3 is 2.66 bits per heavy atom. The molecule has 0 unspecified atom stereocenters. The molecule has 0 saturated carbocycles. The highest BCUT2D eigenvalue weighted by molar-refractivity contribution is 6.00. The molecule has 7 nitrogen and oxygen atoms in total. The molecule has 1 aromatic heterocycles. The van der Waals surface area contributed by atoms with Gasteiger partial charge in [0.05, 0.1) is 31.2 Å². The third-order valence-corrected chi connectivity index (χ3v) is 8.84. The smallest absolute Gasteiger partial charge is 0.259 e. The van der Waals surface area contributed by atoms with Crippen molar-refractivity contribution in [1.29, 1.82) is 0 Å². The zero-order valence-electron chi connectivity index (χ0n) is 21.0. The Morgan fingerprint density at radius 2 is 1.86 bits per heavy atom. The van der Waals surface area contributed by atoms with Gasteiger partial charge in [-0.05, 0) is 62.6 Å². The van der Waals surface area contributed by atoms with E-state index in [-0.39, 0.29) is 22.9 Å². The first-order valence-corrected chi connectivity index (χ1v) is 13.0. The van der Waals surface area contributed by atoms with E-state index in [1.54, 1.807) is 32.5 Å². The third-order valence-electron chi connectivity index (χ3n) is 8.84. The molecule has 1 aromatic carbocycles. The average Bonchev–Trinajstić information content (AvgIpc) is 2.89. The van der Waals surface area contributed by atoms with E-state index in [2.05, 4.69) is 11.0 Å². The number of hydrogen-bond donors (Lipinski definition) is 0. The van der Waals surface area contributed by atoms with Crippen LogP contribution < -0.4 is 14.9 Å². The number of rotatable bonds is 3. The maximum atomic E-state index is 14.1. The summed E-state index contributed by atoms with van der Waals surface area (Å²) in [5, 5.41) is 0.394. The molecule has 0 spiro atoms. The topological polar surface area (TPSA) is 64.0 Å². The summed E-state index contributed by atoms with van der Waals surface area (Å²) in [6, 6.07) is 4.30. The highest BCUT2D eigenvalue weighted by atomic mass is 16.5. The molecule has 1 amide bonds. The fourth-order valence-electron chi connectivity index (χ4n) is 7.42. The number of aromatic nitrogens is 1. The Hall–Kier alpha value is -2.80. The first-order chi connectivity index (χ1) is 17.0. The number of amides is 1. The van der Waals surface area contributed by atoms with Crippen molar-refractivity contribution < 1.29 is 14.3 Å². The largest absolute Gasteiger partial charge is 0.496 e. The second kappa shape index (κ2) is 8.70. The van der Waals surface area contributed by atoms with Crippen molar-refractivity contribution in [3.63, 3.8) is 0 Å². The lowest BCUT2D eigenvalue weighted by Gasteiger charge is -2.54. The fourth-order valence-corrected chi connectivity index (χ4v) is 7.42. The Bertz CT molecular complexity index is 1270. The van der Waals surface area contributed by atoms with Crippen molar-refractivity contribution in [3.8, 4) is 11.5 Å². The second-order valence-corrected chi connectivity index (χ2v) is 10.7. The van der Waals surface area contributed by atoms with Crippen LogP contribution in [0.5, 0.6) is 11.5 Å². The molecule has 3 fully saturated rings. The normalized spacial score (nSPS) is 28.2. The van der Waals surface area contributed by atoms with Crippen LogP contribution >= 0.6 is 0 Å². The van der Waals surface area contributed by atoms with Gasteiger partial charge in [-0.25, -0.2) is 0 Å². The number of piperidine rings is 3. The average molecular weight is 478 g/mol. The van der Waals surface area contributed by atoms with Crippen LogP contribution in [0.4, 0.5) is 0 Å². The summed E-state index contributed by atoms with van der Waals surface area (Å²) in [4.78, 5) is 32.5. The van der Waals surface area contributed by atoms with E-state index in [1.165, 1.54) is 31.4 Å². The first kappa shape index (κ1) is 22.7. The Kier molecular flexibility index (Phi) is 5.63. The predicted octanol–water partition coefficient (Wildman–Crippen LogP) is 3.59. The monoisotopic (exact) mass is 477 g/mol. The van der Waals surface area contributed by atoms with Crippen LogP contribution in [0.1, 0.15) is 48.9 Å². The van der Waals surface area contributed by atoms with Crippen molar-refractivity contribution in [3.05, 3.63) is 45.8 Å². The minimum absolute atomic E-state index is 0.1000. The molecule has 2 bridgehead atoms. The summed E-state index contributed by atoms with van der Waals surface area (Å²) < 4.78 is 12.9. The zero-order valence-corrected chi connectivity index (χ0v) is 21.0. The van der Waals surface area contributed by atoms with Crippen LogP contribution in [0, 0.1) is 11.8 Å². The molecule has 4 heterocycles. The van der Waals surface area contributed by atoms with Crippen LogP contribution in [-0.2, 0) is 7.05 Å². The number of ether oxygens (including phenoxy) is 2. The van der Waals surface area contributed by atoms with Gasteiger partial charge >= 0.3 is 0 Å². The minimum atomic E-state index is -0.289. The Labute approximate surface area is 206 Å². The number of likely N-dealkylation sites (tertiary alicyclic amines) is 1. The van der Waals surface area contributed by atoms with E-state index in [1.807, 2.05) is 16.5 Å². The minimum Gasteiger partial charge on any atom is -0.496 e. The molecule has 0 N–H and O–H groups in total. The van der Waals surface area contributed by atoms with Crippen molar-refractivity contribution in [2.45, 2.75) is 50.6 Å². The quantitative estimate of drug-likeness (QED) is 0.633. The molecule has 0 radical (unpaired) electrons. The molecule has 3 saturated heterocycles. The maximum Gasteiger partial charge on any atom is 0.259 e. The Morgan fingerprint density at radius 1 is 1.06 bits per heavy atom. The number of pyridine rings is 1. The number of nitrogens with zero attached hydrogens (tertiary/aromatic N) is 3. The fraction of sp³-hybridized carbons (Fsp3) is 0.571. The molecule has 3 aliphatic heterocycles. The summed E-state index contributed by atoms with van der Waals surface area (Å²) in [5.41, 5.74) is 1.98. The van der Waals surface area contributed by atoms with Crippen LogP contribution in [-0.4, -0.2) is 66.2 Å². The van der Waals surface area contributed by atoms with E-state index in [4.69, 9.17) is 9.47 Å². The van der Waals surface area contributed by atoms with Crippen LogP contribution in [0.15, 0.2) is 34.8 Å². The van der Waals surface area contributed by atoms with Crippen LogP contribution in [0.25, 0.3) is 10.9 Å². The molecule has 35 heavy (non-hydrogen) atoms. The van der Waals surface area contributed by atoms with Gasteiger partial charge in [-0.2, -0.15) is 0 Å². The number of methoxy groups -OCH3 is 2. The summed E-state index contributed by atoms with van der Waals surface area (Å²) in [6.07, 6.45) is 11.3. The van der Waals surface area contributed by atoms with Gasteiger partial charge in [0.1, 0.15) is 17.1 Å². The number of benzene rings is 1. The van der Waals surface area contributed by atoms with Gasteiger partial charge in [0.15, 0.2) is 0 Å². The number of fused-ring (bicyclic) bond motifs is 7. The summed E-state index contributed by atoms with van der Waals surface area (Å²) in [6.45, 7) is 2.93. The highest BCUT2D eigenvalue weighted by Gasteiger charge is 2.47. The van der Waals surface area contributed by atoms with Gasteiger partial charge in [0, 0.05) is 32.4 Å². The molecule has 4 aliphatic rings. The van der Waals surface area contributed by atoms with E-state index < -0.39 is 0 Å². The molecule has 186 valence electrons. The van der Waals surface area contributed by atoms with E-state index >= 15 is 0 Å². The lowest BCUT2D eigenvalue weighted by Crippen LogP contribution is -2.60. The maximum absolute atomic E-state index is 14.1. The lowest BCUT2D eigenvalue weighted by atomic mass is 9.68. The van der Waals surface area contributed by atoms with Gasteiger partial charge in [-0.1, -0.05) is 18.1 Å². The molecular formula is C28H35N3O4. The number of carbonyl (C=O) groups excluding carboxylic acids is 1. The number of hydrogen-bond acceptors (Lipinski definition) is 5. The zero-order chi connectivity index (χ0) is 24.3. The highest BCUT2D eigenvalue weighted by Crippen LogP contribution is 2.45. The van der Waals surface area contributed by atoms with Crippen LogP contribution in [0.3, 0.4) is 0 Å². The van der Waals surface area contributed by atoms with Crippen molar-refractivity contribution in [2.75, 3.05) is 33.9 Å². The molecule has 4 atom stereocenters. The number of aryl methyl sites for hydroxylation is 1. The number of carbonyl (C=O) groups is 1. The van der Waals surface area contributed by atoms with Gasteiger partial charge in [0.2, 0.25) is 5.43 Å². The van der Waals surface area contributed by atoms with E-state index in [0.29, 0.717) is 46.8 Å². The summed E-state index contributed by atoms with van der Waals surface area (Å²) in [5.74, 6) is 1.93. The third kappa shape index (κ3) is 3.50. The van der Waals surface area contributed by atoms with Gasteiger partial charge in [-0.15, -0.1) is 0 Å². The van der Waals surface area contributed by atoms with E-state index in [9.17, 15) is 9.59 Å². The van der Waals surface area contributed by atoms with Crippen molar-refractivity contribution in [2.24, 2.45) is 18.9 Å². The van der Waals surface area contributed by atoms with Gasteiger partial charge in [-0.3, -0.25) is 14.5 Å². The van der Waals surface area contributed by atoms with Gasteiger partial charge < -0.3 is 18.9 Å². The molecule has 6 rings (SSSR count). The molecule has 7 heteroatoms. The van der Waals surface area contributed by atoms with Crippen molar-refractivity contribution >= 4 is 16.8 Å². The Balaban J connectivity index is 1.42. The SMILES string of the molecule is COc1ccc(OC)c2c1c(=O)c(C(=O)N1CCCC3=C[C@H]4C[C@@H](CN5CCCC[C@H]45)[C@@H]31)cn2C. The molecule has 1 aliphatic carbocycles. The lowest BCUT2D eigenvalue weighted by molar-refractivity contribution is 0.00142.